The van der Waals surface area contributed by atoms with Gasteiger partial charge in [-0.15, -0.1) is 5.73 Å². The molecule has 0 aromatic rings. The van der Waals surface area contributed by atoms with E-state index >= 15 is 0 Å². The zero-order valence-electron chi connectivity index (χ0n) is 14.6. The van der Waals surface area contributed by atoms with Gasteiger partial charge in [0, 0.05) is 11.8 Å². The Morgan fingerprint density at radius 1 is 1.17 bits per heavy atom. The third-order valence-corrected chi connectivity index (χ3v) is 5.26. The number of rotatable bonds is 4. The quantitative estimate of drug-likeness (QED) is 0.449. The number of ether oxygens (including phenoxy) is 2. The largest absolute Gasteiger partial charge is 0.466 e. The molecule has 2 aliphatic carbocycles. The van der Waals surface area contributed by atoms with Gasteiger partial charge in [-0.05, 0) is 51.5 Å². The van der Waals surface area contributed by atoms with Crippen LogP contribution in [0.3, 0.4) is 0 Å². The minimum atomic E-state index is -0.954. The lowest BCUT2D eigenvalue weighted by molar-refractivity contribution is -0.168. The van der Waals surface area contributed by atoms with Crippen LogP contribution in [-0.2, 0) is 23.9 Å². The minimum absolute atomic E-state index is 0.149. The van der Waals surface area contributed by atoms with Crippen LogP contribution in [-0.4, -0.2) is 30.9 Å². The van der Waals surface area contributed by atoms with E-state index in [1.807, 2.05) is 0 Å². The van der Waals surface area contributed by atoms with E-state index in [9.17, 15) is 14.4 Å². The molecule has 1 unspecified atom stereocenters. The molecule has 2 fully saturated rings. The second kappa shape index (κ2) is 7.80. The van der Waals surface area contributed by atoms with E-state index in [1.54, 1.807) is 13.8 Å². The van der Waals surface area contributed by atoms with E-state index in [1.165, 1.54) is 0 Å². The molecule has 0 heterocycles. The van der Waals surface area contributed by atoms with Crippen molar-refractivity contribution in [3.8, 4) is 0 Å². The average Bonchev–Trinajstić information content (AvgIpc) is 2.55. The van der Waals surface area contributed by atoms with Gasteiger partial charge in [-0.3, -0.25) is 14.4 Å². The summed E-state index contributed by atoms with van der Waals surface area (Å²) in [4.78, 5) is 37.9. The standard InChI is InChI=1S/C19H26O5/c1-4-13-9-7-10-14(17(21)23-5-2)19(13)12-8-11-15(20)16(19)18(22)24-6-3/h14,16H,1,5-12H2,2-3H3/t14-,16?,19+/m0/s1. The lowest BCUT2D eigenvalue weighted by Crippen LogP contribution is -2.54. The Labute approximate surface area is 143 Å². The second-order valence-electron chi connectivity index (χ2n) is 6.40. The van der Waals surface area contributed by atoms with Crippen LogP contribution in [0.5, 0.6) is 0 Å². The number of hydrogen-bond donors (Lipinski definition) is 0. The molecule has 0 aromatic heterocycles. The first-order chi connectivity index (χ1) is 11.5. The summed E-state index contributed by atoms with van der Waals surface area (Å²) in [5.41, 5.74) is 2.86. The number of esters is 2. The summed E-state index contributed by atoms with van der Waals surface area (Å²) in [6, 6.07) is 0. The SMILES string of the molecule is C=C=C1CCC[C@@H](C(=O)OCC)[C@@]12CCCC(=O)C2C(=O)OCC. The topological polar surface area (TPSA) is 69.7 Å². The molecule has 0 bridgehead atoms. The highest BCUT2D eigenvalue weighted by Gasteiger charge is 2.59. The van der Waals surface area contributed by atoms with Gasteiger partial charge in [0.05, 0.1) is 19.1 Å². The van der Waals surface area contributed by atoms with Crippen LogP contribution in [0, 0.1) is 17.3 Å². The Bertz CT molecular complexity index is 572. The maximum atomic E-state index is 12.7. The Morgan fingerprint density at radius 3 is 2.46 bits per heavy atom. The molecule has 0 aliphatic heterocycles. The van der Waals surface area contributed by atoms with Gasteiger partial charge in [-0.2, -0.15) is 0 Å². The number of hydrogen-bond acceptors (Lipinski definition) is 5. The Morgan fingerprint density at radius 2 is 1.83 bits per heavy atom. The summed E-state index contributed by atoms with van der Waals surface area (Å²) in [6.45, 7) is 7.71. The number of carbonyl (C=O) groups excluding carboxylic acids is 3. The van der Waals surface area contributed by atoms with E-state index in [4.69, 9.17) is 9.47 Å². The number of ketones is 1. The summed E-state index contributed by atoms with van der Waals surface area (Å²) >= 11 is 0. The predicted molar refractivity (Wildman–Crippen MR) is 88.0 cm³/mol. The van der Waals surface area contributed by atoms with Crippen molar-refractivity contribution in [2.45, 2.75) is 52.4 Å². The van der Waals surface area contributed by atoms with E-state index in [-0.39, 0.29) is 25.0 Å². The average molecular weight is 334 g/mol. The highest BCUT2D eigenvalue weighted by molar-refractivity contribution is 6.01. The third-order valence-electron chi connectivity index (χ3n) is 5.26. The second-order valence-corrected chi connectivity index (χ2v) is 6.40. The Hall–Kier alpha value is -1.87. The maximum absolute atomic E-state index is 12.7. The van der Waals surface area contributed by atoms with Gasteiger partial charge in [0.2, 0.25) is 0 Å². The van der Waals surface area contributed by atoms with E-state index in [0.29, 0.717) is 32.1 Å². The molecule has 0 radical (unpaired) electrons. The molecule has 0 saturated heterocycles. The molecular formula is C19H26O5. The van der Waals surface area contributed by atoms with Gasteiger partial charge in [-0.1, -0.05) is 6.58 Å². The van der Waals surface area contributed by atoms with Crippen molar-refractivity contribution in [1.29, 1.82) is 0 Å². The van der Waals surface area contributed by atoms with Crippen LogP contribution in [0.4, 0.5) is 0 Å². The van der Waals surface area contributed by atoms with Crippen molar-refractivity contribution < 1.29 is 23.9 Å². The third kappa shape index (κ3) is 3.05. The van der Waals surface area contributed by atoms with Gasteiger partial charge in [0.15, 0.2) is 0 Å². The van der Waals surface area contributed by atoms with Gasteiger partial charge in [-0.25, -0.2) is 0 Å². The molecule has 132 valence electrons. The first kappa shape index (κ1) is 18.5. The summed E-state index contributed by atoms with van der Waals surface area (Å²) in [7, 11) is 0. The van der Waals surface area contributed by atoms with Crippen LogP contribution < -0.4 is 0 Å². The molecule has 0 N–H and O–H groups in total. The smallest absolute Gasteiger partial charge is 0.317 e. The molecule has 3 atom stereocenters. The summed E-state index contributed by atoms with van der Waals surface area (Å²) in [6.07, 6.45) is 3.67. The first-order valence-electron chi connectivity index (χ1n) is 8.78. The molecule has 2 aliphatic rings. The van der Waals surface area contributed by atoms with Crippen LogP contribution in [0.25, 0.3) is 0 Å². The normalized spacial score (nSPS) is 29.9. The van der Waals surface area contributed by atoms with Gasteiger partial charge in [0.1, 0.15) is 11.7 Å². The molecule has 0 aromatic carbocycles. The van der Waals surface area contributed by atoms with Crippen molar-refractivity contribution in [2.24, 2.45) is 17.3 Å². The highest BCUT2D eigenvalue weighted by Crippen LogP contribution is 2.56. The van der Waals surface area contributed by atoms with E-state index < -0.39 is 23.2 Å². The zero-order chi connectivity index (χ0) is 17.7. The highest BCUT2D eigenvalue weighted by atomic mass is 16.5. The van der Waals surface area contributed by atoms with Crippen molar-refractivity contribution in [3.63, 3.8) is 0 Å². The molecule has 2 rings (SSSR count). The maximum Gasteiger partial charge on any atom is 0.317 e. The summed E-state index contributed by atoms with van der Waals surface area (Å²) < 4.78 is 10.4. The summed E-state index contributed by atoms with van der Waals surface area (Å²) in [5, 5.41) is 0. The van der Waals surface area contributed by atoms with Crippen molar-refractivity contribution in [1.82, 2.24) is 0 Å². The first-order valence-corrected chi connectivity index (χ1v) is 8.78. The van der Waals surface area contributed by atoms with Gasteiger partial charge in [0.25, 0.3) is 0 Å². The number of allylic oxidation sites excluding steroid dienone is 1. The minimum Gasteiger partial charge on any atom is -0.466 e. The lowest BCUT2D eigenvalue weighted by atomic mass is 9.52. The Balaban J connectivity index is 2.56. The number of carbonyl (C=O) groups is 3. The fourth-order valence-corrected chi connectivity index (χ4v) is 4.41. The van der Waals surface area contributed by atoms with Crippen LogP contribution in [0.2, 0.25) is 0 Å². The molecule has 5 heteroatoms. The molecule has 0 amide bonds. The lowest BCUT2D eigenvalue weighted by Gasteiger charge is -2.49. The van der Waals surface area contributed by atoms with Gasteiger partial charge < -0.3 is 9.47 Å². The Kier molecular flexibility index (Phi) is 6.00. The monoisotopic (exact) mass is 334 g/mol. The van der Waals surface area contributed by atoms with E-state index in [2.05, 4.69) is 12.3 Å². The van der Waals surface area contributed by atoms with Crippen LogP contribution in [0.15, 0.2) is 17.9 Å². The molecular weight excluding hydrogens is 308 g/mol. The molecule has 5 nitrogen and oxygen atoms in total. The fraction of sp³-hybridized carbons (Fsp3) is 0.684. The van der Waals surface area contributed by atoms with Gasteiger partial charge >= 0.3 is 11.9 Å². The summed E-state index contributed by atoms with van der Waals surface area (Å²) in [5.74, 6) is -2.50. The van der Waals surface area contributed by atoms with Crippen LogP contribution >= 0.6 is 0 Å². The molecule has 24 heavy (non-hydrogen) atoms. The van der Waals surface area contributed by atoms with Crippen molar-refractivity contribution >= 4 is 17.7 Å². The molecule has 2 saturated carbocycles. The zero-order valence-corrected chi connectivity index (χ0v) is 14.6. The number of Topliss-reactive ketones (excluding diaryl/α,β-unsaturated/α-hetero) is 1. The van der Waals surface area contributed by atoms with Crippen LogP contribution in [0.1, 0.15) is 52.4 Å². The van der Waals surface area contributed by atoms with E-state index in [0.717, 1.165) is 12.0 Å². The predicted octanol–water partition coefficient (Wildman–Crippen LogP) is 2.98. The molecule has 1 spiro atoms. The van der Waals surface area contributed by atoms with Crippen molar-refractivity contribution in [3.05, 3.63) is 17.9 Å². The van der Waals surface area contributed by atoms with Crippen molar-refractivity contribution in [2.75, 3.05) is 13.2 Å². The fourth-order valence-electron chi connectivity index (χ4n) is 4.41.